The Morgan fingerprint density at radius 3 is 2.14 bits per heavy atom. The highest BCUT2D eigenvalue weighted by Crippen LogP contribution is 2.31. The van der Waals surface area contributed by atoms with Gasteiger partial charge in [-0.05, 0) is 38.1 Å². The molecule has 2 rings (SSSR count). The number of nitrogens with one attached hydrogen (secondary N) is 2. The number of carbonyl (C=O) groups excluding carboxylic acids is 2. The summed E-state index contributed by atoms with van der Waals surface area (Å²) in [5.41, 5.74) is 0. The summed E-state index contributed by atoms with van der Waals surface area (Å²) in [7, 11) is 3.48. The standard InChI is InChI=1S/C14H26N4O2.ClH/c1-15-9-13(19)18-8-5-12(10-18)11-3-6-17(7-4-11)14(20)16-2;/h11-12,15H,3-10H2,1-2H3,(H,16,20);1H. The van der Waals surface area contributed by atoms with Crippen LogP contribution in [0.2, 0.25) is 0 Å². The lowest BCUT2D eigenvalue weighted by Crippen LogP contribution is -2.44. The van der Waals surface area contributed by atoms with Crippen molar-refractivity contribution in [3.05, 3.63) is 0 Å². The van der Waals surface area contributed by atoms with Crippen LogP contribution in [-0.4, -0.2) is 68.6 Å². The summed E-state index contributed by atoms with van der Waals surface area (Å²) in [6, 6.07) is 0.0284. The summed E-state index contributed by atoms with van der Waals surface area (Å²) >= 11 is 0. The molecule has 0 radical (unpaired) electrons. The van der Waals surface area contributed by atoms with Gasteiger partial charge in [-0.15, -0.1) is 12.4 Å². The molecule has 2 fully saturated rings. The van der Waals surface area contributed by atoms with Gasteiger partial charge in [0, 0.05) is 33.2 Å². The second-order valence-electron chi connectivity index (χ2n) is 5.80. The maximum atomic E-state index is 11.9. The maximum Gasteiger partial charge on any atom is 0.317 e. The molecule has 6 nitrogen and oxygen atoms in total. The van der Waals surface area contributed by atoms with Crippen LogP contribution in [0.5, 0.6) is 0 Å². The minimum atomic E-state index is 0. The molecule has 0 aromatic carbocycles. The minimum absolute atomic E-state index is 0. The van der Waals surface area contributed by atoms with Crippen molar-refractivity contribution < 1.29 is 9.59 Å². The Labute approximate surface area is 133 Å². The number of likely N-dealkylation sites (tertiary alicyclic amines) is 2. The van der Waals surface area contributed by atoms with Gasteiger partial charge in [-0.3, -0.25) is 4.79 Å². The molecule has 0 aromatic rings. The summed E-state index contributed by atoms with van der Waals surface area (Å²) in [6.45, 7) is 3.89. The van der Waals surface area contributed by atoms with Crippen LogP contribution in [0.3, 0.4) is 0 Å². The molecule has 2 N–H and O–H groups in total. The lowest BCUT2D eigenvalue weighted by atomic mass is 9.84. The molecular weight excluding hydrogens is 292 g/mol. The first-order valence-corrected chi connectivity index (χ1v) is 7.54. The van der Waals surface area contributed by atoms with Gasteiger partial charge in [0.05, 0.1) is 6.54 Å². The molecule has 3 amide bonds. The molecule has 1 unspecified atom stereocenters. The van der Waals surface area contributed by atoms with E-state index in [1.807, 2.05) is 9.80 Å². The average Bonchev–Trinajstić information content (AvgIpc) is 2.97. The van der Waals surface area contributed by atoms with E-state index in [0.717, 1.165) is 45.4 Å². The zero-order valence-corrected chi connectivity index (χ0v) is 13.7. The van der Waals surface area contributed by atoms with Crippen molar-refractivity contribution in [2.75, 3.05) is 46.8 Å². The third-order valence-corrected chi connectivity index (χ3v) is 4.61. The fraction of sp³-hybridized carbons (Fsp3) is 0.857. The van der Waals surface area contributed by atoms with Crippen molar-refractivity contribution >= 4 is 24.3 Å². The van der Waals surface area contributed by atoms with Crippen molar-refractivity contribution in [1.82, 2.24) is 20.4 Å². The van der Waals surface area contributed by atoms with Crippen LogP contribution in [0.1, 0.15) is 19.3 Å². The number of halogens is 1. The molecule has 21 heavy (non-hydrogen) atoms. The summed E-state index contributed by atoms with van der Waals surface area (Å²) in [5.74, 6) is 1.48. The second-order valence-corrected chi connectivity index (χ2v) is 5.80. The van der Waals surface area contributed by atoms with Crippen LogP contribution in [-0.2, 0) is 4.79 Å². The van der Waals surface area contributed by atoms with Crippen LogP contribution >= 0.6 is 12.4 Å². The number of carbonyl (C=O) groups is 2. The number of nitrogens with zero attached hydrogens (tertiary/aromatic N) is 2. The molecule has 2 saturated heterocycles. The molecule has 1 atom stereocenters. The zero-order valence-electron chi connectivity index (χ0n) is 12.9. The van der Waals surface area contributed by atoms with E-state index in [4.69, 9.17) is 0 Å². The van der Waals surface area contributed by atoms with Gasteiger partial charge in [0.15, 0.2) is 0 Å². The van der Waals surface area contributed by atoms with Crippen molar-refractivity contribution in [3.8, 4) is 0 Å². The van der Waals surface area contributed by atoms with Gasteiger partial charge >= 0.3 is 6.03 Å². The molecule has 0 saturated carbocycles. The normalized spacial score (nSPS) is 22.9. The Bertz CT molecular complexity index is 359. The summed E-state index contributed by atoms with van der Waals surface area (Å²) in [4.78, 5) is 27.3. The highest BCUT2D eigenvalue weighted by molar-refractivity contribution is 5.85. The van der Waals surface area contributed by atoms with E-state index in [0.29, 0.717) is 18.4 Å². The van der Waals surface area contributed by atoms with Gasteiger partial charge in [-0.1, -0.05) is 0 Å². The van der Waals surface area contributed by atoms with Crippen LogP contribution in [0, 0.1) is 11.8 Å². The van der Waals surface area contributed by atoms with E-state index in [1.165, 1.54) is 0 Å². The SMILES string of the molecule is CNCC(=O)N1CCC(C2CCN(C(=O)NC)CC2)C1.Cl. The monoisotopic (exact) mass is 318 g/mol. The number of amides is 3. The molecule has 7 heteroatoms. The van der Waals surface area contributed by atoms with E-state index in [9.17, 15) is 9.59 Å². The molecule has 122 valence electrons. The third kappa shape index (κ3) is 4.48. The number of hydrogen-bond donors (Lipinski definition) is 2. The topological polar surface area (TPSA) is 64.7 Å². The summed E-state index contributed by atoms with van der Waals surface area (Å²) < 4.78 is 0. The molecule has 2 aliphatic rings. The number of likely N-dealkylation sites (N-methyl/N-ethyl adjacent to an activating group) is 1. The molecule has 2 aliphatic heterocycles. The predicted octanol–water partition coefficient (Wildman–Crippen LogP) is 0.528. The number of hydrogen-bond acceptors (Lipinski definition) is 3. The number of urea groups is 1. The lowest BCUT2D eigenvalue weighted by molar-refractivity contribution is -0.129. The molecule has 0 spiro atoms. The first-order valence-electron chi connectivity index (χ1n) is 7.54. The molecule has 0 bridgehead atoms. The Hall–Kier alpha value is -1.01. The number of rotatable bonds is 3. The van der Waals surface area contributed by atoms with E-state index in [1.54, 1.807) is 14.1 Å². The fourth-order valence-electron chi connectivity index (χ4n) is 3.39. The quantitative estimate of drug-likeness (QED) is 0.798. The van der Waals surface area contributed by atoms with E-state index in [-0.39, 0.29) is 24.3 Å². The first-order chi connectivity index (χ1) is 9.65. The Kier molecular flexibility index (Phi) is 7.25. The molecule has 0 aromatic heterocycles. The van der Waals surface area contributed by atoms with Crippen molar-refractivity contribution in [1.29, 1.82) is 0 Å². The second kappa shape index (κ2) is 8.44. The van der Waals surface area contributed by atoms with E-state index >= 15 is 0 Å². The highest BCUT2D eigenvalue weighted by Gasteiger charge is 2.34. The van der Waals surface area contributed by atoms with Gasteiger partial charge in [-0.2, -0.15) is 0 Å². The van der Waals surface area contributed by atoms with E-state index in [2.05, 4.69) is 10.6 Å². The maximum absolute atomic E-state index is 11.9. The predicted molar refractivity (Wildman–Crippen MR) is 84.6 cm³/mol. The smallest absolute Gasteiger partial charge is 0.317 e. The highest BCUT2D eigenvalue weighted by atomic mass is 35.5. The fourth-order valence-corrected chi connectivity index (χ4v) is 3.39. The largest absolute Gasteiger partial charge is 0.341 e. The van der Waals surface area contributed by atoms with Gasteiger partial charge in [0.25, 0.3) is 0 Å². The molecule has 0 aliphatic carbocycles. The van der Waals surface area contributed by atoms with Gasteiger partial charge in [0.1, 0.15) is 0 Å². The Balaban J connectivity index is 0.00000220. The van der Waals surface area contributed by atoms with Crippen molar-refractivity contribution in [2.24, 2.45) is 11.8 Å². The summed E-state index contributed by atoms with van der Waals surface area (Å²) in [5, 5.41) is 5.60. The van der Waals surface area contributed by atoms with Crippen LogP contribution in [0.15, 0.2) is 0 Å². The van der Waals surface area contributed by atoms with Crippen LogP contribution < -0.4 is 10.6 Å². The minimum Gasteiger partial charge on any atom is -0.341 e. The lowest BCUT2D eigenvalue weighted by Gasteiger charge is -2.34. The Morgan fingerprint density at radius 1 is 1.00 bits per heavy atom. The van der Waals surface area contributed by atoms with Crippen molar-refractivity contribution in [3.63, 3.8) is 0 Å². The van der Waals surface area contributed by atoms with Crippen LogP contribution in [0.4, 0.5) is 4.79 Å². The first kappa shape index (κ1) is 18.0. The van der Waals surface area contributed by atoms with Gasteiger partial charge in [0.2, 0.25) is 5.91 Å². The summed E-state index contributed by atoms with van der Waals surface area (Å²) in [6.07, 6.45) is 3.23. The Morgan fingerprint density at radius 2 is 1.57 bits per heavy atom. The molecule has 2 heterocycles. The number of piperidine rings is 1. The van der Waals surface area contributed by atoms with Gasteiger partial charge in [-0.25, -0.2) is 4.79 Å². The third-order valence-electron chi connectivity index (χ3n) is 4.61. The zero-order chi connectivity index (χ0) is 14.5. The van der Waals surface area contributed by atoms with E-state index < -0.39 is 0 Å². The van der Waals surface area contributed by atoms with Gasteiger partial charge < -0.3 is 20.4 Å². The van der Waals surface area contributed by atoms with Crippen molar-refractivity contribution in [2.45, 2.75) is 19.3 Å². The molecular formula is C14H27ClN4O2. The van der Waals surface area contributed by atoms with Crippen LogP contribution in [0.25, 0.3) is 0 Å². The average molecular weight is 319 g/mol.